The Kier molecular flexibility index (Phi) is 5.30. The highest BCUT2D eigenvalue weighted by Gasteiger charge is 2.13. The molecule has 0 atom stereocenters. The lowest BCUT2D eigenvalue weighted by atomic mass is 10.2. The first-order chi connectivity index (χ1) is 10.9. The van der Waals surface area contributed by atoms with Crippen molar-refractivity contribution < 1.29 is 14.8 Å². The molecule has 0 saturated heterocycles. The standard InChI is InChI=1S/C14H9BrClN3O4/c15-12-6-11(19(22)23)5-9(13(12)20)7-17-18-14(21)8-2-1-3-10(16)4-8/h1-7,20H,(H,18,21)/b17-7+. The minimum absolute atomic E-state index is 0.0810. The van der Waals surface area contributed by atoms with Crippen LogP contribution < -0.4 is 5.43 Å². The molecule has 2 aromatic rings. The van der Waals surface area contributed by atoms with E-state index in [4.69, 9.17) is 11.6 Å². The van der Waals surface area contributed by atoms with Gasteiger partial charge in [0.05, 0.1) is 15.6 Å². The van der Waals surface area contributed by atoms with E-state index in [1.165, 1.54) is 6.07 Å². The summed E-state index contributed by atoms with van der Waals surface area (Å²) >= 11 is 8.80. The van der Waals surface area contributed by atoms with Crippen LogP contribution in [0.15, 0.2) is 46.0 Å². The molecular formula is C14H9BrClN3O4. The molecule has 0 aliphatic rings. The van der Waals surface area contributed by atoms with Gasteiger partial charge in [-0.3, -0.25) is 14.9 Å². The zero-order valence-electron chi connectivity index (χ0n) is 11.4. The van der Waals surface area contributed by atoms with Gasteiger partial charge in [-0.1, -0.05) is 17.7 Å². The summed E-state index contributed by atoms with van der Waals surface area (Å²) in [7, 11) is 0. The van der Waals surface area contributed by atoms with E-state index in [0.29, 0.717) is 10.6 Å². The molecule has 7 nitrogen and oxygen atoms in total. The Morgan fingerprint density at radius 2 is 2.13 bits per heavy atom. The fourth-order valence-electron chi connectivity index (χ4n) is 1.66. The Labute approximate surface area is 143 Å². The molecule has 2 N–H and O–H groups in total. The normalized spacial score (nSPS) is 10.7. The number of halogens is 2. The number of amides is 1. The van der Waals surface area contributed by atoms with Crippen molar-refractivity contribution in [3.63, 3.8) is 0 Å². The molecular weight excluding hydrogens is 390 g/mol. The van der Waals surface area contributed by atoms with Crippen LogP contribution >= 0.6 is 27.5 Å². The predicted octanol–water partition coefficient (Wildman–Crippen LogP) is 3.48. The SMILES string of the molecule is O=C(N/N=C/c1cc([N+](=O)[O-])cc(Br)c1O)c1cccc(Cl)c1. The molecule has 0 heterocycles. The Morgan fingerprint density at radius 1 is 1.39 bits per heavy atom. The number of non-ortho nitro benzene ring substituents is 1. The van der Waals surface area contributed by atoms with E-state index < -0.39 is 10.8 Å². The molecule has 0 radical (unpaired) electrons. The number of nitro benzene ring substituents is 1. The third-order valence-corrected chi connectivity index (χ3v) is 3.58. The van der Waals surface area contributed by atoms with Gasteiger partial charge in [0, 0.05) is 28.3 Å². The maximum Gasteiger partial charge on any atom is 0.271 e. The lowest BCUT2D eigenvalue weighted by Gasteiger charge is -2.03. The van der Waals surface area contributed by atoms with Gasteiger partial charge >= 0.3 is 0 Å². The number of nitrogens with one attached hydrogen (secondary N) is 1. The summed E-state index contributed by atoms with van der Waals surface area (Å²) in [6.45, 7) is 0. The summed E-state index contributed by atoms with van der Waals surface area (Å²) in [5.74, 6) is -0.732. The highest BCUT2D eigenvalue weighted by molar-refractivity contribution is 9.10. The first kappa shape index (κ1) is 16.9. The lowest BCUT2D eigenvalue weighted by Crippen LogP contribution is -2.17. The van der Waals surface area contributed by atoms with E-state index in [2.05, 4.69) is 26.5 Å². The fourth-order valence-corrected chi connectivity index (χ4v) is 2.32. The molecule has 0 spiro atoms. The molecule has 0 aliphatic carbocycles. The largest absolute Gasteiger partial charge is 0.506 e. The zero-order chi connectivity index (χ0) is 17.0. The maximum atomic E-state index is 11.9. The number of phenols is 1. The van der Waals surface area contributed by atoms with Crippen LogP contribution in [0.1, 0.15) is 15.9 Å². The molecule has 0 unspecified atom stereocenters. The minimum Gasteiger partial charge on any atom is -0.506 e. The van der Waals surface area contributed by atoms with Gasteiger partial charge in [0.1, 0.15) is 5.75 Å². The molecule has 0 aliphatic heterocycles. The van der Waals surface area contributed by atoms with Gasteiger partial charge in [-0.2, -0.15) is 5.10 Å². The number of rotatable bonds is 4. The molecule has 9 heteroatoms. The third-order valence-electron chi connectivity index (χ3n) is 2.75. The van der Waals surface area contributed by atoms with Crippen molar-refractivity contribution >= 4 is 45.3 Å². The second-order valence-electron chi connectivity index (χ2n) is 4.33. The van der Waals surface area contributed by atoms with E-state index in [-0.39, 0.29) is 21.5 Å². The molecule has 23 heavy (non-hydrogen) atoms. The fraction of sp³-hybridized carbons (Fsp3) is 0. The van der Waals surface area contributed by atoms with Gasteiger partial charge in [-0.25, -0.2) is 5.43 Å². The average molecular weight is 399 g/mol. The second kappa shape index (κ2) is 7.21. The maximum absolute atomic E-state index is 11.9. The summed E-state index contributed by atoms with van der Waals surface area (Å²) in [6, 6.07) is 8.56. The molecule has 2 rings (SSSR count). The van der Waals surface area contributed by atoms with Crippen LogP contribution in [0, 0.1) is 10.1 Å². The van der Waals surface area contributed by atoms with Crippen molar-refractivity contribution in [2.45, 2.75) is 0 Å². The van der Waals surface area contributed by atoms with E-state index in [0.717, 1.165) is 18.3 Å². The van der Waals surface area contributed by atoms with Crippen LogP contribution in [0.25, 0.3) is 0 Å². The van der Waals surface area contributed by atoms with Crippen LogP contribution in [-0.2, 0) is 0 Å². The predicted molar refractivity (Wildman–Crippen MR) is 89.0 cm³/mol. The molecule has 0 bridgehead atoms. The van der Waals surface area contributed by atoms with E-state index in [1.54, 1.807) is 18.2 Å². The van der Waals surface area contributed by atoms with Gasteiger partial charge in [0.15, 0.2) is 0 Å². The summed E-state index contributed by atoms with van der Waals surface area (Å²) in [5, 5.41) is 24.7. The second-order valence-corrected chi connectivity index (χ2v) is 5.62. The number of carbonyl (C=O) groups is 1. The number of benzene rings is 2. The van der Waals surface area contributed by atoms with Gasteiger partial charge in [0.25, 0.3) is 11.6 Å². The first-order valence-corrected chi connectivity index (χ1v) is 7.31. The van der Waals surface area contributed by atoms with Gasteiger partial charge in [-0.05, 0) is 34.1 Å². The van der Waals surface area contributed by atoms with Crippen LogP contribution in [0.2, 0.25) is 5.02 Å². The average Bonchev–Trinajstić information content (AvgIpc) is 2.50. The summed E-state index contributed by atoms with van der Waals surface area (Å²) in [6.07, 6.45) is 1.11. The van der Waals surface area contributed by atoms with E-state index >= 15 is 0 Å². The zero-order valence-corrected chi connectivity index (χ0v) is 13.7. The highest BCUT2D eigenvalue weighted by atomic mass is 79.9. The van der Waals surface area contributed by atoms with Crippen molar-refractivity contribution in [1.82, 2.24) is 5.43 Å². The molecule has 0 saturated carbocycles. The number of phenolic OH excluding ortho intramolecular Hbond substituents is 1. The summed E-state index contributed by atoms with van der Waals surface area (Å²) in [5.41, 5.74) is 2.41. The quantitative estimate of drug-likeness (QED) is 0.467. The Balaban J connectivity index is 2.17. The van der Waals surface area contributed by atoms with Crippen LogP contribution in [0.5, 0.6) is 5.75 Å². The number of hydrazone groups is 1. The Bertz CT molecular complexity index is 811. The third kappa shape index (κ3) is 4.27. The van der Waals surface area contributed by atoms with Gasteiger partial charge in [0.2, 0.25) is 0 Å². The number of hydrogen-bond donors (Lipinski definition) is 2. The first-order valence-electron chi connectivity index (χ1n) is 6.14. The van der Waals surface area contributed by atoms with Crippen LogP contribution in [-0.4, -0.2) is 22.2 Å². The van der Waals surface area contributed by atoms with Crippen molar-refractivity contribution in [2.24, 2.45) is 5.10 Å². The Morgan fingerprint density at radius 3 is 2.78 bits per heavy atom. The van der Waals surface area contributed by atoms with E-state index in [1.807, 2.05) is 0 Å². The topological polar surface area (TPSA) is 105 Å². The van der Waals surface area contributed by atoms with Crippen molar-refractivity contribution in [1.29, 1.82) is 0 Å². The van der Waals surface area contributed by atoms with Crippen molar-refractivity contribution in [2.75, 3.05) is 0 Å². The minimum atomic E-state index is -0.605. The molecule has 0 fully saturated rings. The summed E-state index contributed by atoms with van der Waals surface area (Å²) in [4.78, 5) is 22.0. The molecule has 1 amide bonds. The van der Waals surface area contributed by atoms with E-state index in [9.17, 15) is 20.0 Å². The highest BCUT2D eigenvalue weighted by Crippen LogP contribution is 2.31. The molecule has 0 aromatic heterocycles. The number of hydrogen-bond acceptors (Lipinski definition) is 5. The Hall–Kier alpha value is -2.45. The van der Waals surface area contributed by atoms with Gasteiger partial charge in [-0.15, -0.1) is 0 Å². The number of aromatic hydroxyl groups is 1. The number of carbonyl (C=O) groups excluding carboxylic acids is 1. The molecule has 2 aromatic carbocycles. The van der Waals surface area contributed by atoms with Crippen LogP contribution in [0.4, 0.5) is 5.69 Å². The molecule has 118 valence electrons. The summed E-state index contributed by atoms with van der Waals surface area (Å²) < 4.78 is 0.148. The van der Waals surface area contributed by atoms with Crippen molar-refractivity contribution in [3.05, 3.63) is 67.1 Å². The van der Waals surface area contributed by atoms with Crippen molar-refractivity contribution in [3.8, 4) is 5.75 Å². The number of nitrogens with zero attached hydrogens (tertiary/aromatic N) is 2. The smallest absolute Gasteiger partial charge is 0.271 e. The lowest BCUT2D eigenvalue weighted by molar-refractivity contribution is -0.385. The van der Waals surface area contributed by atoms with Gasteiger partial charge < -0.3 is 5.11 Å². The van der Waals surface area contributed by atoms with Crippen LogP contribution in [0.3, 0.4) is 0 Å². The monoisotopic (exact) mass is 397 g/mol. The number of nitro groups is 1.